The lowest BCUT2D eigenvalue weighted by Gasteiger charge is -2.53. The smallest absolute Gasteiger partial charge is 0.261 e. The number of sulfone groups is 1. The largest absolute Gasteiger partial charge is 0.414 e. The van der Waals surface area contributed by atoms with Gasteiger partial charge in [-0.2, -0.15) is 0 Å². The Hall–Kier alpha value is -4.73. The van der Waals surface area contributed by atoms with Crippen molar-refractivity contribution in [3.63, 3.8) is 0 Å². The summed E-state index contributed by atoms with van der Waals surface area (Å²) in [6.07, 6.45) is 0.847. The standard InChI is InChI=1S/C102H154O16SSi5/c1-26-62-107-63-46-47-75-65-72(7)85(109-75)60-58-76-64-71(6)73(8)87(110-76)69-88-91(92(106-21)89(112-88)68-78(115-121(24,25)100(12,13)14)70-108-120(22,23)99(9,10)11)98(119(104,105)79-48-36-31-37-49-79)84(103)66-77-59-61-86-93(111-77)97(118-124(102(18,19)20,82-54-42-34-43-55-82)83-56-44-35-45-57-83)96-95(113-86)94(90(114-96)67-74(27-2)116-122(28-3,29-4)30-5)117-123(101(15,16)17,80-50-38-32-39-51-80)81-52-40-33-41-53-81/h26-27,31-57,71,74-78,84-98,103H,1-2,7-8,28-30,58-70H2,3-6,9-25H3/b47-46+/t71-,74?,75+,76+,77-,78+,84?,85+,86+,87-,88+,89-,90-,91+,92+,93+,94+,95+,96-,97+,98-/m1/s1. The van der Waals surface area contributed by atoms with Crippen LogP contribution >= 0.6 is 0 Å². The Kier molecular flexibility index (Phi) is 33.7. The van der Waals surface area contributed by atoms with E-state index in [2.05, 4.69) is 284 Å². The molecule has 21 atom stereocenters. The third-order valence-electron chi connectivity index (χ3n) is 29.3. The zero-order valence-electron chi connectivity index (χ0n) is 79.0. The Balaban J connectivity index is 1.03. The van der Waals surface area contributed by atoms with E-state index in [1.807, 2.05) is 18.2 Å². The molecular weight excluding hydrogens is 1650 g/mol. The van der Waals surface area contributed by atoms with Crippen molar-refractivity contribution < 1.29 is 73.5 Å². The van der Waals surface area contributed by atoms with Crippen molar-refractivity contribution in [1.82, 2.24) is 0 Å². The van der Waals surface area contributed by atoms with E-state index in [0.29, 0.717) is 58.3 Å². The Morgan fingerprint density at radius 1 is 0.548 bits per heavy atom. The molecule has 0 amide bonds. The molecule has 124 heavy (non-hydrogen) atoms. The number of methoxy groups -OCH3 is 1. The first kappa shape index (κ1) is 99.8. The van der Waals surface area contributed by atoms with Crippen LogP contribution < -0.4 is 20.7 Å². The molecule has 6 saturated heterocycles. The van der Waals surface area contributed by atoms with E-state index in [1.165, 1.54) is 0 Å². The van der Waals surface area contributed by atoms with Crippen LogP contribution in [0, 0.1) is 11.8 Å². The van der Waals surface area contributed by atoms with Crippen molar-refractivity contribution in [2.75, 3.05) is 26.9 Å². The van der Waals surface area contributed by atoms with Crippen molar-refractivity contribution in [1.29, 1.82) is 0 Å². The monoisotopic (exact) mass is 1810 g/mol. The number of rotatable bonds is 40. The van der Waals surface area contributed by atoms with Crippen LogP contribution in [0.5, 0.6) is 0 Å². The highest BCUT2D eigenvalue weighted by Gasteiger charge is 2.66. The van der Waals surface area contributed by atoms with E-state index in [-0.39, 0.29) is 58.1 Å². The van der Waals surface area contributed by atoms with Gasteiger partial charge in [-0.15, -0.1) is 13.2 Å². The first-order valence-corrected chi connectivity index (χ1v) is 60.1. The van der Waals surface area contributed by atoms with E-state index in [0.717, 1.165) is 62.9 Å². The normalized spacial score (nSPS) is 28.1. The van der Waals surface area contributed by atoms with Gasteiger partial charge in [0, 0.05) is 45.1 Å². The summed E-state index contributed by atoms with van der Waals surface area (Å²) in [5.41, 5.74) is 1.95. The van der Waals surface area contributed by atoms with Gasteiger partial charge in [-0.05, 0) is 147 Å². The second-order valence-electron chi connectivity index (χ2n) is 41.4. The molecule has 0 aromatic heterocycles. The van der Waals surface area contributed by atoms with Gasteiger partial charge in [-0.1, -0.05) is 288 Å². The summed E-state index contributed by atoms with van der Waals surface area (Å²) in [5, 5.41) is 15.9. The minimum Gasteiger partial charge on any atom is -0.414 e. The minimum absolute atomic E-state index is 0.0465. The molecule has 6 aliphatic rings. The zero-order chi connectivity index (χ0) is 90.2. The summed E-state index contributed by atoms with van der Waals surface area (Å²) in [6, 6.07) is 54.5. The lowest BCUT2D eigenvalue weighted by molar-refractivity contribution is -0.257. The van der Waals surface area contributed by atoms with Gasteiger partial charge >= 0.3 is 0 Å². The van der Waals surface area contributed by atoms with Crippen molar-refractivity contribution in [2.24, 2.45) is 11.8 Å². The Labute approximate surface area is 752 Å². The summed E-state index contributed by atoms with van der Waals surface area (Å²) < 4.78 is 131. The fourth-order valence-electron chi connectivity index (χ4n) is 20.1. The summed E-state index contributed by atoms with van der Waals surface area (Å²) in [4.78, 5) is 0.0774. The van der Waals surface area contributed by atoms with Gasteiger partial charge < -0.3 is 65.1 Å². The van der Waals surface area contributed by atoms with E-state index < -0.39 is 158 Å². The predicted octanol–water partition coefficient (Wildman–Crippen LogP) is 19.7. The van der Waals surface area contributed by atoms with Gasteiger partial charge in [0.1, 0.15) is 30.5 Å². The second kappa shape index (κ2) is 41.8. The van der Waals surface area contributed by atoms with Gasteiger partial charge in [0.2, 0.25) is 0 Å². The van der Waals surface area contributed by atoms with Crippen LogP contribution in [0.4, 0.5) is 0 Å². The molecule has 0 spiro atoms. The molecule has 2 unspecified atom stereocenters. The minimum atomic E-state index is -4.52. The number of ether oxygens (including phenoxy) is 8. The average Bonchev–Trinajstić information content (AvgIpc) is 1.49. The number of fused-ring (bicyclic) bond motifs is 2. The van der Waals surface area contributed by atoms with Gasteiger partial charge in [0.05, 0.1) is 109 Å². The molecule has 6 aliphatic heterocycles. The van der Waals surface area contributed by atoms with E-state index in [9.17, 15) is 5.11 Å². The van der Waals surface area contributed by atoms with Crippen LogP contribution in [0.3, 0.4) is 0 Å². The molecule has 6 heterocycles. The Morgan fingerprint density at radius 3 is 1.56 bits per heavy atom. The molecule has 11 rings (SSSR count). The Morgan fingerprint density at radius 2 is 1.06 bits per heavy atom. The molecule has 0 bridgehead atoms. The average molecular weight is 1810 g/mol. The summed E-state index contributed by atoms with van der Waals surface area (Å²) >= 11 is 0. The molecule has 0 saturated carbocycles. The van der Waals surface area contributed by atoms with Crippen molar-refractivity contribution in [3.05, 3.63) is 213 Å². The van der Waals surface area contributed by atoms with Crippen molar-refractivity contribution in [2.45, 2.75) is 359 Å². The molecule has 5 aromatic carbocycles. The van der Waals surface area contributed by atoms with Crippen LogP contribution in [0.2, 0.25) is 64.5 Å². The highest BCUT2D eigenvalue weighted by molar-refractivity contribution is 7.92. The molecular formula is C102H154O16SSi5. The number of benzene rings is 5. The zero-order valence-corrected chi connectivity index (χ0v) is 84.8. The van der Waals surface area contributed by atoms with Crippen LogP contribution in [0.1, 0.15) is 175 Å². The molecule has 1 N–H and O–H groups in total. The Bertz CT molecular complexity index is 4290. The molecule has 0 aliphatic carbocycles. The third-order valence-corrected chi connectivity index (χ3v) is 55.3. The van der Waals surface area contributed by atoms with Crippen LogP contribution in [0.25, 0.3) is 0 Å². The molecule has 0 radical (unpaired) electrons. The van der Waals surface area contributed by atoms with Crippen molar-refractivity contribution >= 4 is 72.2 Å². The predicted molar refractivity (Wildman–Crippen MR) is 516 cm³/mol. The molecule has 684 valence electrons. The second-order valence-corrected chi connectivity index (χ2v) is 66.3. The first-order chi connectivity index (χ1) is 58.6. The fourth-order valence-corrected chi connectivity index (χ4v) is 36.9. The van der Waals surface area contributed by atoms with Crippen molar-refractivity contribution in [3.8, 4) is 0 Å². The SMILES string of the molecule is C=CCOC/C=C/[C@H]1CC(=C)[C@H](CC[C@H]2C[C@@H](C)C(=C)[C@@H](C[C@@H]3O[C@H](C[C@@H](CO[Si](C)(C)C(C)(C)C)O[Si](C)(C)C(C)(C)C)[C@H](OC)[C@H]3[C@@H](C(O)C[C@H]3CC[C@@H]4O[C@@H]5[C@@H](O[C@H](CC(C=C)O[Si](CC)(CC)CC)[C@@H]5O[Si](c5ccccc5)(c5ccccc5)C(C)(C)C)[C@@H](O[Si](c5ccccc5)(c5ccccc5)C(C)(C)C)[C@H]4O3)S(=O)(=O)c3ccccc3)O2)O1. The maximum Gasteiger partial charge on any atom is 0.261 e. The number of hydrogen-bond acceptors (Lipinski definition) is 16. The van der Waals surface area contributed by atoms with Crippen LogP contribution in [-0.4, -0.2) is 197 Å². The van der Waals surface area contributed by atoms with E-state index >= 15 is 8.42 Å². The van der Waals surface area contributed by atoms with Crippen LogP contribution in [0.15, 0.2) is 218 Å². The number of hydrogen-bond donors (Lipinski definition) is 1. The molecule has 16 nitrogen and oxygen atoms in total. The van der Waals surface area contributed by atoms with Crippen LogP contribution in [-0.2, 0) is 69.9 Å². The summed E-state index contributed by atoms with van der Waals surface area (Å²) in [5.74, 6) is -0.939. The van der Waals surface area contributed by atoms with Gasteiger partial charge in [0.25, 0.3) is 16.6 Å². The molecule has 22 heteroatoms. The van der Waals surface area contributed by atoms with Gasteiger partial charge in [-0.25, -0.2) is 8.42 Å². The third kappa shape index (κ3) is 22.2. The fraction of sp³-hybridized carbons (Fsp3) is 0.608. The number of aliphatic hydroxyl groups excluding tert-OH is 1. The highest BCUT2D eigenvalue weighted by atomic mass is 32.2. The summed E-state index contributed by atoms with van der Waals surface area (Å²) in [6.45, 7) is 64.1. The maximum absolute atomic E-state index is 16.8. The topological polar surface area (TPSA) is 174 Å². The maximum atomic E-state index is 16.8. The lowest BCUT2D eigenvalue weighted by atomic mass is 9.80. The number of aliphatic hydroxyl groups is 1. The first-order valence-electron chi connectivity index (χ1n) is 46.4. The van der Waals surface area contributed by atoms with Gasteiger partial charge in [0.15, 0.2) is 34.8 Å². The quantitative estimate of drug-likeness (QED) is 0.0223. The van der Waals surface area contributed by atoms with E-state index in [1.54, 1.807) is 37.5 Å². The molecule has 5 aromatic rings. The molecule has 6 fully saturated rings. The van der Waals surface area contributed by atoms with E-state index in [4.69, 9.17) is 66.6 Å². The summed E-state index contributed by atoms with van der Waals surface area (Å²) in [7, 11) is -17.0. The lowest BCUT2D eigenvalue weighted by Crippen LogP contribution is -2.73. The highest BCUT2D eigenvalue weighted by Crippen LogP contribution is 2.52. The van der Waals surface area contributed by atoms with Gasteiger partial charge in [-0.3, -0.25) is 0 Å².